The predicted octanol–water partition coefficient (Wildman–Crippen LogP) is 1.69. The predicted molar refractivity (Wildman–Crippen MR) is 46.1 cm³/mol. The van der Waals surface area contributed by atoms with Gasteiger partial charge < -0.3 is 9.05 Å². The summed E-state index contributed by atoms with van der Waals surface area (Å²) in [5.41, 5.74) is -0.779. The Balaban J connectivity index is 4.49. The van der Waals surface area contributed by atoms with Crippen molar-refractivity contribution in [2.75, 3.05) is 13.2 Å². The number of hydrogen-bond acceptors (Lipinski definition) is 5. The fourth-order valence-corrected chi connectivity index (χ4v) is 1.99. The van der Waals surface area contributed by atoms with Gasteiger partial charge in [0.2, 0.25) is 0 Å². The molecule has 0 saturated heterocycles. The molecule has 6 heteroatoms. The van der Waals surface area contributed by atoms with Crippen molar-refractivity contribution in [2.45, 2.75) is 20.3 Å². The van der Waals surface area contributed by atoms with E-state index in [1.165, 1.54) is 0 Å². The van der Waals surface area contributed by atoms with E-state index in [0.717, 1.165) is 0 Å². The summed E-state index contributed by atoms with van der Waals surface area (Å²) in [6.07, 6.45) is -0.447. The fraction of sp³-hybridized carbons (Fsp3) is 0.714. The van der Waals surface area contributed by atoms with Gasteiger partial charge in [0.15, 0.2) is 0 Å². The van der Waals surface area contributed by atoms with E-state index in [1.54, 1.807) is 19.9 Å². The smallest absolute Gasteiger partial charge is 0.303 e. The largest absolute Gasteiger partial charge is 0.397 e. The van der Waals surface area contributed by atoms with Crippen molar-refractivity contribution in [3.05, 3.63) is 0 Å². The van der Waals surface area contributed by atoms with Crippen LogP contribution in [0, 0.1) is 11.3 Å². The average molecular weight is 205 g/mol. The molecule has 0 spiro atoms. The second-order valence-electron chi connectivity index (χ2n) is 2.06. The number of nitriles is 1. The van der Waals surface area contributed by atoms with Crippen LogP contribution in [0.15, 0.2) is 0 Å². The SMILES string of the molecule is CCOP(=O)(OCC)C(=O)CC#N. The standard InChI is InChI=1S/C7H12NO4P/c1-3-11-13(10,12-4-2)7(9)5-6-8/h3-5H2,1-2H3. The van der Waals surface area contributed by atoms with Gasteiger partial charge in [-0.1, -0.05) is 0 Å². The first kappa shape index (κ1) is 12.3. The molecular weight excluding hydrogens is 193 g/mol. The van der Waals surface area contributed by atoms with Crippen LogP contribution in [0.5, 0.6) is 0 Å². The summed E-state index contributed by atoms with van der Waals surface area (Å²) in [4.78, 5) is 11.1. The first-order valence-electron chi connectivity index (χ1n) is 3.90. The second-order valence-corrected chi connectivity index (χ2v) is 4.07. The van der Waals surface area contributed by atoms with Crippen LogP contribution in [0.1, 0.15) is 20.3 Å². The van der Waals surface area contributed by atoms with Crippen LogP contribution < -0.4 is 0 Å². The number of nitrogens with zero attached hydrogens (tertiary/aromatic N) is 1. The van der Waals surface area contributed by atoms with E-state index in [4.69, 9.17) is 14.3 Å². The Labute approximate surface area is 77.2 Å². The molecule has 0 unspecified atom stereocenters. The molecule has 0 heterocycles. The minimum Gasteiger partial charge on any atom is -0.303 e. The van der Waals surface area contributed by atoms with Crippen molar-refractivity contribution in [3.63, 3.8) is 0 Å². The molecule has 0 saturated carbocycles. The molecule has 0 aromatic carbocycles. The highest BCUT2D eigenvalue weighted by Gasteiger charge is 2.33. The maximum Gasteiger partial charge on any atom is 0.397 e. The van der Waals surface area contributed by atoms with Crippen molar-refractivity contribution in [3.8, 4) is 6.07 Å². The molecule has 0 fully saturated rings. The van der Waals surface area contributed by atoms with Crippen molar-refractivity contribution in [2.24, 2.45) is 0 Å². The summed E-state index contributed by atoms with van der Waals surface area (Å²) >= 11 is 0. The van der Waals surface area contributed by atoms with Crippen molar-refractivity contribution in [1.82, 2.24) is 0 Å². The molecule has 0 atom stereocenters. The van der Waals surface area contributed by atoms with Gasteiger partial charge in [-0.05, 0) is 13.8 Å². The van der Waals surface area contributed by atoms with E-state index < -0.39 is 19.5 Å². The maximum absolute atomic E-state index is 11.6. The highest BCUT2D eigenvalue weighted by Crippen LogP contribution is 2.49. The Kier molecular flexibility index (Phi) is 5.56. The van der Waals surface area contributed by atoms with Gasteiger partial charge in [0.1, 0.15) is 6.42 Å². The summed E-state index contributed by atoms with van der Waals surface area (Å²) in [6.45, 7) is 3.44. The van der Waals surface area contributed by atoms with E-state index in [2.05, 4.69) is 0 Å². The van der Waals surface area contributed by atoms with Gasteiger partial charge in [-0.2, -0.15) is 5.26 Å². The maximum atomic E-state index is 11.6. The highest BCUT2D eigenvalue weighted by molar-refractivity contribution is 7.71. The molecule has 74 valence electrons. The van der Waals surface area contributed by atoms with Gasteiger partial charge in [-0.25, -0.2) is 0 Å². The molecule has 0 aliphatic carbocycles. The topological polar surface area (TPSA) is 76.4 Å². The lowest BCUT2D eigenvalue weighted by Gasteiger charge is -2.13. The van der Waals surface area contributed by atoms with Crippen LogP contribution in [0.25, 0.3) is 0 Å². The Morgan fingerprint density at radius 3 is 2.15 bits per heavy atom. The zero-order valence-electron chi connectivity index (χ0n) is 7.65. The lowest BCUT2D eigenvalue weighted by molar-refractivity contribution is -0.113. The average Bonchev–Trinajstić information content (AvgIpc) is 2.05. The minimum absolute atomic E-state index is 0.119. The third-order valence-corrected chi connectivity index (χ3v) is 3.10. The molecule has 0 N–H and O–H groups in total. The van der Waals surface area contributed by atoms with Gasteiger partial charge in [0.25, 0.3) is 5.52 Å². The Morgan fingerprint density at radius 2 is 1.85 bits per heavy atom. The summed E-state index contributed by atoms with van der Waals surface area (Å²) < 4.78 is 21.0. The van der Waals surface area contributed by atoms with Crippen LogP contribution in [0.4, 0.5) is 0 Å². The fourth-order valence-electron chi connectivity index (χ4n) is 0.686. The lowest BCUT2D eigenvalue weighted by atomic mass is 10.5. The Bertz CT molecular complexity index is 248. The van der Waals surface area contributed by atoms with Crippen LogP contribution in [0.2, 0.25) is 0 Å². The quantitative estimate of drug-likeness (QED) is 0.616. The summed E-state index contributed by atoms with van der Waals surface area (Å²) in [5, 5.41) is 8.23. The van der Waals surface area contributed by atoms with Crippen LogP contribution in [-0.2, 0) is 18.4 Å². The number of carbonyl (C=O) groups excluding carboxylic acids is 1. The third kappa shape index (κ3) is 3.69. The van der Waals surface area contributed by atoms with Crippen LogP contribution >= 0.6 is 7.60 Å². The molecule has 13 heavy (non-hydrogen) atoms. The van der Waals surface area contributed by atoms with Crippen LogP contribution in [0.3, 0.4) is 0 Å². The van der Waals surface area contributed by atoms with Crippen molar-refractivity contribution < 1.29 is 18.4 Å². The van der Waals surface area contributed by atoms with Gasteiger partial charge >= 0.3 is 7.60 Å². The minimum atomic E-state index is -3.69. The molecule has 0 rings (SSSR count). The molecule has 0 aromatic heterocycles. The molecule has 0 aliphatic rings. The molecular formula is C7H12NO4P. The van der Waals surface area contributed by atoms with E-state index in [-0.39, 0.29) is 13.2 Å². The Morgan fingerprint density at radius 1 is 1.38 bits per heavy atom. The third-order valence-electron chi connectivity index (χ3n) is 1.13. The van der Waals surface area contributed by atoms with Gasteiger partial charge in [-0.15, -0.1) is 0 Å². The summed E-state index contributed by atoms with van der Waals surface area (Å²) in [7, 11) is -3.69. The zero-order chi connectivity index (χ0) is 10.3. The molecule has 0 bridgehead atoms. The van der Waals surface area contributed by atoms with Gasteiger partial charge in [-0.3, -0.25) is 9.36 Å². The summed E-state index contributed by atoms with van der Waals surface area (Å²) in [6, 6.07) is 1.61. The molecule has 0 aromatic rings. The van der Waals surface area contributed by atoms with Gasteiger partial charge in [0.05, 0.1) is 19.3 Å². The van der Waals surface area contributed by atoms with E-state index in [0.29, 0.717) is 0 Å². The Hall–Kier alpha value is -0.690. The molecule has 5 nitrogen and oxygen atoms in total. The first-order chi connectivity index (χ1) is 6.10. The molecule has 0 aliphatic heterocycles. The van der Waals surface area contributed by atoms with Crippen LogP contribution in [-0.4, -0.2) is 18.7 Å². The van der Waals surface area contributed by atoms with E-state index in [1.807, 2.05) is 0 Å². The zero-order valence-corrected chi connectivity index (χ0v) is 8.54. The lowest BCUT2D eigenvalue weighted by Crippen LogP contribution is -2.06. The summed E-state index contributed by atoms with van der Waals surface area (Å²) in [5.74, 6) is 0. The number of carbonyl (C=O) groups is 1. The number of hydrogen-bond donors (Lipinski definition) is 0. The molecule has 0 radical (unpaired) electrons. The van der Waals surface area contributed by atoms with E-state index in [9.17, 15) is 9.36 Å². The van der Waals surface area contributed by atoms with Crippen molar-refractivity contribution in [1.29, 1.82) is 5.26 Å². The first-order valence-corrected chi connectivity index (χ1v) is 5.44. The second kappa shape index (κ2) is 5.87. The van der Waals surface area contributed by atoms with Gasteiger partial charge in [0, 0.05) is 0 Å². The molecule has 0 amide bonds. The monoisotopic (exact) mass is 205 g/mol. The van der Waals surface area contributed by atoms with Crippen molar-refractivity contribution >= 4 is 13.1 Å². The normalized spacial score (nSPS) is 10.8. The highest BCUT2D eigenvalue weighted by atomic mass is 31.2. The van der Waals surface area contributed by atoms with E-state index >= 15 is 0 Å². The number of rotatable bonds is 6.